The molecule has 17 heavy (non-hydrogen) atoms. The van der Waals surface area contributed by atoms with Gasteiger partial charge in [-0.05, 0) is 24.1 Å². The molecule has 0 saturated carbocycles. The number of hydrogen-bond donors (Lipinski definition) is 1. The predicted octanol–water partition coefficient (Wildman–Crippen LogP) is 1.99. The minimum Gasteiger partial charge on any atom is -0.497 e. The highest BCUT2D eigenvalue weighted by atomic mass is 16.5. The molecule has 1 rings (SSSR count). The van der Waals surface area contributed by atoms with E-state index in [2.05, 4.69) is 5.92 Å². The molecule has 3 nitrogen and oxygen atoms in total. The zero-order valence-corrected chi connectivity index (χ0v) is 10.1. The van der Waals surface area contributed by atoms with Crippen molar-refractivity contribution in [2.24, 2.45) is 0 Å². The van der Waals surface area contributed by atoms with Crippen LogP contribution in [0.4, 0.5) is 0 Å². The summed E-state index contributed by atoms with van der Waals surface area (Å²) in [6, 6.07) is 7.70. The number of ether oxygens (including phenoxy) is 2. The van der Waals surface area contributed by atoms with E-state index in [1.165, 1.54) is 0 Å². The normalized spacial score (nSPS) is 11.8. The van der Waals surface area contributed by atoms with Gasteiger partial charge in [-0.25, -0.2) is 0 Å². The van der Waals surface area contributed by atoms with E-state index in [0.29, 0.717) is 26.1 Å². The second-order valence-corrected chi connectivity index (χ2v) is 3.75. The molecule has 3 heteroatoms. The molecule has 1 aromatic rings. The molecule has 1 unspecified atom stereocenters. The number of rotatable bonds is 7. The van der Waals surface area contributed by atoms with E-state index < -0.39 is 6.10 Å². The molecule has 0 fully saturated rings. The summed E-state index contributed by atoms with van der Waals surface area (Å²) < 4.78 is 10.5. The van der Waals surface area contributed by atoms with Crippen LogP contribution in [-0.4, -0.2) is 24.9 Å². The van der Waals surface area contributed by atoms with Crippen molar-refractivity contribution >= 4 is 0 Å². The van der Waals surface area contributed by atoms with Crippen molar-refractivity contribution in [3.63, 3.8) is 0 Å². The van der Waals surface area contributed by atoms with Crippen molar-refractivity contribution in [2.45, 2.75) is 25.6 Å². The Morgan fingerprint density at radius 2 is 2.06 bits per heavy atom. The Hall–Kier alpha value is -1.50. The van der Waals surface area contributed by atoms with Crippen LogP contribution in [0, 0.1) is 12.3 Å². The molecule has 0 spiro atoms. The number of terminal acetylenes is 1. The Morgan fingerprint density at radius 1 is 1.35 bits per heavy atom. The van der Waals surface area contributed by atoms with Crippen molar-refractivity contribution in [2.75, 3.05) is 13.7 Å². The van der Waals surface area contributed by atoms with E-state index in [1.54, 1.807) is 7.11 Å². The first-order chi connectivity index (χ1) is 8.26. The van der Waals surface area contributed by atoms with Crippen LogP contribution in [0.15, 0.2) is 24.3 Å². The molecule has 1 aromatic carbocycles. The summed E-state index contributed by atoms with van der Waals surface area (Å²) in [7, 11) is 1.64. The number of aliphatic hydroxyl groups excluding tert-OH is 1. The molecule has 0 heterocycles. The average molecular weight is 234 g/mol. The van der Waals surface area contributed by atoms with Crippen molar-refractivity contribution < 1.29 is 14.6 Å². The lowest BCUT2D eigenvalue weighted by molar-refractivity contribution is 0.0753. The van der Waals surface area contributed by atoms with Gasteiger partial charge in [0.05, 0.1) is 19.8 Å². The molecule has 1 atom stereocenters. The number of benzene rings is 1. The van der Waals surface area contributed by atoms with Gasteiger partial charge < -0.3 is 14.6 Å². The average Bonchev–Trinajstić information content (AvgIpc) is 2.36. The van der Waals surface area contributed by atoms with Crippen LogP contribution in [0.5, 0.6) is 5.75 Å². The number of methoxy groups -OCH3 is 1. The smallest absolute Gasteiger partial charge is 0.118 e. The molecule has 0 radical (unpaired) electrons. The summed E-state index contributed by atoms with van der Waals surface area (Å²) in [6.07, 6.45) is 5.58. The second kappa shape index (κ2) is 7.72. The summed E-state index contributed by atoms with van der Waals surface area (Å²) in [4.78, 5) is 0. The first-order valence-corrected chi connectivity index (χ1v) is 5.58. The summed E-state index contributed by atoms with van der Waals surface area (Å²) in [5.41, 5.74) is 1.08. The molecule has 0 amide bonds. The first kappa shape index (κ1) is 13.6. The first-order valence-electron chi connectivity index (χ1n) is 5.58. The number of hydrogen-bond acceptors (Lipinski definition) is 3. The summed E-state index contributed by atoms with van der Waals surface area (Å²) >= 11 is 0. The minimum absolute atomic E-state index is 0.381. The summed E-state index contributed by atoms with van der Waals surface area (Å²) in [5, 5.41) is 9.38. The lowest BCUT2D eigenvalue weighted by Crippen LogP contribution is -2.09. The maximum Gasteiger partial charge on any atom is 0.118 e. The lowest BCUT2D eigenvalue weighted by atomic mass is 10.2. The van der Waals surface area contributed by atoms with Crippen LogP contribution in [0.1, 0.15) is 18.4 Å². The predicted molar refractivity (Wildman–Crippen MR) is 66.7 cm³/mol. The fourth-order valence-corrected chi connectivity index (χ4v) is 1.37. The van der Waals surface area contributed by atoms with Gasteiger partial charge in [-0.15, -0.1) is 12.3 Å². The van der Waals surface area contributed by atoms with Gasteiger partial charge in [0.2, 0.25) is 0 Å². The molecule has 0 aromatic heterocycles. The van der Waals surface area contributed by atoms with Crippen molar-refractivity contribution in [3.8, 4) is 18.1 Å². The Bertz CT molecular complexity index is 351. The van der Waals surface area contributed by atoms with Gasteiger partial charge in [0.25, 0.3) is 0 Å². The second-order valence-electron chi connectivity index (χ2n) is 3.75. The lowest BCUT2D eigenvalue weighted by Gasteiger charge is -2.08. The van der Waals surface area contributed by atoms with Gasteiger partial charge in [0, 0.05) is 13.0 Å². The van der Waals surface area contributed by atoms with Gasteiger partial charge in [-0.2, -0.15) is 0 Å². The van der Waals surface area contributed by atoms with Crippen LogP contribution in [0.25, 0.3) is 0 Å². The van der Waals surface area contributed by atoms with Crippen molar-refractivity contribution in [1.82, 2.24) is 0 Å². The Kier molecular flexibility index (Phi) is 6.16. The van der Waals surface area contributed by atoms with Crippen LogP contribution >= 0.6 is 0 Å². The third kappa shape index (κ3) is 5.39. The monoisotopic (exact) mass is 234 g/mol. The van der Waals surface area contributed by atoms with Crippen LogP contribution < -0.4 is 4.74 Å². The van der Waals surface area contributed by atoms with E-state index in [9.17, 15) is 5.11 Å². The van der Waals surface area contributed by atoms with Gasteiger partial charge in [0.15, 0.2) is 0 Å². The van der Waals surface area contributed by atoms with Gasteiger partial charge >= 0.3 is 0 Å². The third-order valence-electron chi connectivity index (χ3n) is 2.38. The van der Waals surface area contributed by atoms with Gasteiger partial charge in [-0.3, -0.25) is 0 Å². The molecule has 0 aliphatic carbocycles. The van der Waals surface area contributed by atoms with Crippen molar-refractivity contribution in [3.05, 3.63) is 29.8 Å². The number of aliphatic hydroxyl groups is 1. The highest BCUT2D eigenvalue weighted by Crippen LogP contribution is 2.12. The maximum atomic E-state index is 9.38. The maximum absolute atomic E-state index is 9.38. The van der Waals surface area contributed by atoms with Gasteiger partial charge in [-0.1, -0.05) is 12.1 Å². The van der Waals surface area contributed by atoms with Crippen LogP contribution in [0.2, 0.25) is 0 Å². The summed E-state index contributed by atoms with van der Waals surface area (Å²) in [5.74, 6) is 3.25. The van der Waals surface area contributed by atoms with Crippen molar-refractivity contribution in [1.29, 1.82) is 0 Å². The Morgan fingerprint density at radius 3 is 2.65 bits per heavy atom. The van der Waals surface area contributed by atoms with E-state index in [1.807, 2.05) is 24.3 Å². The largest absolute Gasteiger partial charge is 0.497 e. The fraction of sp³-hybridized carbons (Fsp3) is 0.429. The summed E-state index contributed by atoms with van der Waals surface area (Å²) in [6.45, 7) is 1.04. The van der Waals surface area contributed by atoms with Crippen LogP contribution in [0.3, 0.4) is 0 Å². The Labute approximate surface area is 102 Å². The molecule has 0 aliphatic heterocycles. The minimum atomic E-state index is -0.462. The SMILES string of the molecule is C#CCC(O)CCOCc1ccc(OC)cc1. The van der Waals surface area contributed by atoms with E-state index in [4.69, 9.17) is 15.9 Å². The highest BCUT2D eigenvalue weighted by molar-refractivity contribution is 5.26. The van der Waals surface area contributed by atoms with Gasteiger partial charge in [0.1, 0.15) is 5.75 Å². The topological polar surface area (TPSA) is 38.7 Å². The van der Waals surface area contributed by atoms with E-state index in [-0.39, 0.29) is 0 Å². The molecule has 0 aliphatic rings. The molecule has 0 saturated heterocycles. The molecular formula is C14H18O3. The quantitative estimate of drug-likeness (QED) is 0.579. The highest BCUT2D eigenvalue weighted by Gasteiger charge is 2.01. The third-order valence-corrected chi connectivity index (χ3v) is 2.38. The molecular weight excluding hydrogens is 216 g/mol. The van der Waals surface area contributed by atoms with E-state index in [0.717, 1.165) is 11.3 Å². The van der Waals surface area contributed by atoms with Crippen LogP contribution in [-0.2, 0) is 11.3 Å². The molecule has 1 N–H and O–H groups in total. The van der Waals surface area contributed by atoms with E-state index >= 15 is 0 Å². The zero-order chi connectivity index (χ0) is 12.5. The Balaban J connectivity index is 2.20. The molecule has 0 bridgehead atoms. The standard InChI is InChI=1S/C14H18O3/c1-3-4-13(15)9-10-17-11-12-5-7-14(16-2)8-6-12/h1,5-8,13,15H,4,9-11H2,2H3. The fourth-order valence-electron chi connectivity index (χ4n) is 1.37. The zero-order valence-electron chi connectivity index (χ0n) is 10.1. The molecule has 92 valence electrons.